The molecule has 0 unspecified atom stereocenters. The first kappa shape index (κ1) is 15.5. The first-order chi connectivity index (χ1) is 6.15. The molecule has 0 fully saturated rings. The molecule has 0 aliphatic rings. The van der Waals surface area contributed by atoms with Gasteiger partial charge in [0.2, 0.25) is 0 Å². The van der Waals surface area contributed by atoms with Gasteiger partial charge in [0.25, 0.3) is 0 Å². The quantitative estimate of drug-likeness (QED) is 0.621. The van der Waals surface area contributed by atoms with Crippen LogP contribution in [0.4, 0.5) is 0 Å². The van der Waals surface area contributed by atoms with E-state index in [1.807, 2.05) is 0 Å². The SMILES string of the molecule is CCN(C)CC.CO[SiH](OC)OC. The lowest BCUT2D eigenvalue weighted by molar-refractivity contribution is 0.163. The lowest BCUT2D eigenvalue weighted by atomic mass is 10.6. The molecule has 0 saturated heterocycles. The molecule has 0 aromatic rings. The molecule has 5 heteroatoms. The van der Waals surface area contributed by atoms with E-state index in [1.54, 1.807) is 21.3 Å². The van der Waals surface area contributed by atoms with Crippen LogP contribution >= 0.6 is 0 Å². The predicted octanol–water partition coefficient (Wildman–Crippen LogP) is 0.601. The van der Waals surface area contributed by atoms with Gasteiger partial charge in [0.15, 0.2) is 0 Å². The molecule has 4 nitrogen and oxygen atoms in total. The lowest BCUT2D eigenvalue weighted by Gasteiger charge is -2.07. The van der Waals surface area contributed by atoms with Crippen molar-refractivity contribution in [2.75, 3.05) is 41.5 Å². The highest BCUT2D eigenvalue weighted by Crippen LogP contribution is 1.81. The average molecular weight is 209 g/mol. The Morgan fingerprint density at radius 2 is 1.23 bits per heavy atom. The summed E-state index contributed by atoms with van der Waals surface area (Å²) in [6.45, 7) is 6.64. The first-order valence-corrected chi connectivity index (χ1v) is 5.84. The van der Waals surface area contributed by atoms with Gasteiger partial charge in [-0.3, -0.25) is 0 Å². The molecule has 13 heavy (non-hydrogen) atoms. The fourth-order valence-corrected chi connectivity index (χ4v) is 1.09. The zero-order chi connectivity index (χ0) is 10.7. The molecule has 0 amide bonds. The van der Waals surface area contributed by atoms with Gasteiger partial charge in [0.1, 0.15) is 0 Å². The number of nitrogens with zero attached hydrogens (tertiary/aromatic N) is 1. The fourth-order valence-electron chi connectivity index (χ4n) is 0.512. The van der Waals surface area contributed by atoms with Crippen LogP contribution in [-0.4, -0.2) is 55.9 Å². The molecular weight excluding hydrogens is 186 g/mol. The van der Waals surface area contributed by atoms with Crippen LogP contribution in [0, 0.1) is 0 Å². The van der Waals surface area contributed by atoms with Crippen LogP contribution in [0.2, 0.25) is 0 Å². The molecule has 0 saturated carbocycles. The second kappa shape index (κ2) is 12.1. The minimum absolute atomic E-state index is 1.16. The van der Waals surface area contributed by atoms with E-state index in [-0.39, 0.29) is 0 Å². The summed E-state index contributed by atoms with van der Waals surface area (Å²) in [6.07, 6.45) is 0. The summed E-state index contributed by atoms with van der Waals surface area (Å²) in [5.41, 5.74) is 0. The third-order valence-electron chi connectivity index (χ3n) is 1.66. The Labute approximate surface area is 83.7 Å². The van der Waals surface area contributed by atoms with E-state index in [0.29, 0.717) is 0 Å². The van der Waals surface area contributed by atoms with Gasteiger partial charge in [0.05, 0.1) is 0 Å². The number of hydrogen-bond acceptors (Lipinski definition) is 4. The van der Waals surface area contributed by atoms with Crippen LogP contribution in [0.15, 0.2) is 0 Å². The van der Waals surface area contributed by atoms with Crippen LogP contribution in [-0.2, 0) is 13.3 Å². The van der Waals surface area contributed by atoms with Crippen LogP contribution < -0.4 is 0 Å². The summed E-state index contributed by atoms with van der Waals surface area (Å²) in [5, 5.41) is 0. The van der Waals surface area contributed by atoms with Gasteiger partial charge in [-0.15, -0.1) is 0 Å². The molecule has 0 aliphatic heterocycles. The Morgan fingerprint density at radius 1 is 0.923 bits per heavy atom. The van der Waals surface area contributed by atoms with E-state index in [2.05, 4.69) is 25.8 Å². The van der Waals surface area contributed by atoms with Gasteiger partial charge in [-0.25, -0.2) is 0 Å². The molecule has 0 aliphatic carbocycles. The lowest BCUT2D eigenvalue weighted by Crippen LogP contribution is -2.21. The summed E-state index contributed by atoms with van der Waals surface area (Å²) in [4.78, 5) is 2.25. The Kier molecular flexibility index (Phi) is 14.4. The second-order valence-electron chi connectivity index (χ2n) is 2.48. The van der Waals surface area contributed by atoms with Crippen molar-refractivity contribution in [3.8, 4) is 0 Å². The summed E-state index contributed by atoms with van der Waals surface area (Å²) in [7, 11) is 5.16. The highest BCUT2D eigenvalue weighted by molar-refractivity contribution is 6.36. The summed E-state index contributed by atoms with van der Waals surface area (Å²) < 4.78 is 14.2. The van der Waals surface area contributed by atoms with Gasteiger partial charge < -0.3 is 18.2 Å². The van der Waals surface area contributed by atoms with Crippen molar-refractivity contribution in [1.29, 1.82) is 0 Å². The molecular formula is C8H23NO3Si. The van der Waals surface area contributed by atoms with Crippen molar-refractivity contribution >= 4 is 9.53 Å². The standard InChI is InChI=1S/C5H13N.C3H10O3Si/c1-4-6(3)5-2;1-4-7(5-2)6-3/h4-5H2,1-3H3;7H,1-3H3. The Bertz CT molecular complexity index is 81.9. The molecule has 82 valence electrons. The highest BCUT2D eigenvalue weighted by Gasteiger charge is 2.04. The van der Waals surface area contributed by atoms with Crippen molar-refractivity contribution in [2.24, 2.45) is 0 Å². The molecule has 0 aromatic carbocycles. The molecule has 0 spiro atoms. The summed E-state index contributed by atoms with van der Waals surface area (Å²) in [5.74, 6) is 0. The third-order valence-corrected chi connectivity index (χ3v) is 2.81. The Morgan fingerprint density at radius 3 is 1.23 bits per heavy atom. The van der Waals surface area contributed by atoms with Crippen LogP contribution in [0.3, 0.4) is 0 Å². The average Bonchev–Trinajstić information content (AvgIpc) is 2.20. The van der Waals surface area contributed by atoms with Crippen molar-refractivity contribution in [3.63, 3.8) is 0 Å². The van der Waals surface area contributed by atoms with Gasteiger partial charge in [-0.05, 0) is 20.1 Å². The summed E-state index contributed by atoms with van der Waals surface area (Å²) in [6, 6.07) is 0. The summed E-state index contributed by atoms with van der Waals surface area (Å²) >= 11 is 0. The van der Waals surface area contributed by atoms with Crippen LogP contribution in [0.25, 0.3) is 0 Å². The highest BCUT2D eigenvalue weighted by atomic mass is 28.3. The Balaban J connectivity index is 0. The van der Waals surface area contributed by atoms with E-state index in [0.717, 1.165) is 13.1 Å². The third kappa shape index (κ3) is 12.1. The number of rotatable bonds is 5. The molecule has 0 radical (unpaired) electrons. The van der Waals surface area contributed by atoms with E-state index in [4.69, 9.17) is 13.3 Å². The fraction of sp³-hybridized carbons (Fsp3) is 1.00. The smallest absolute Gasteiger partial charge is 0.379 e. The van der Waals surface area contributed by atoms with Gasteiger partial charge in [0, 0.05) is 21.3 Å². The van der Waals surface area contributed by atoms with Gasteiger partial charge in [-0.1, -0.05) is 13.8 Å². The normalized spacial score (nSPS) is 10.2. The maximum Gasteiger partial charge on any atom is 0.483 e. The van der Waals surface area contributed by atoms with Gasteiger partial charge >= 0.3 is 9.53 Å². The monoisotopic (exact) mass is 209 g/mol. The molecule has 0 rings (SSSR count). The van der Waals surface area contributed by atoms with E-state index in [1.165, 1.54) is 0 Å². The molecule has 0 bridgehead atoms. The van der Waals surface area contributed by atoms with Crippen molar-refractivity contribution in [3.05, 3.63) is 0 Å². The van der Waals surface area contributed by atoms with Gasteiger partial charge in [-0.2, -0.15) is 0 Å². The van der Waals surface area contributed by atoms with Crippen LogP contribution in [0.1, 0.15) is 13.8 Å². The zero-order valence-electron chi connectivity index (χ0n) is 9.66. The maximum absolute atomic E-state index is 4.74. The van der Waals surface area contributed by atoms with E-state index < -0.39 is 9.53 Å². The van der Waals surface area contributed by atoms with E-state index in [9.17, 15) is 0 Å². The minimum Gasteiger partial charge on any atom is -0.379 e. The van der Waals surface area contributed by atoms with Crippen molar-refractivity contribution in [1.82, 2.24) is 4.90 Å². The second-order valence-corrected chi connectivity index (χ2v) is 4.48. The van der Waals surface area contributed by atoms with E-state index >= 15 is 0 Å². The molecule has 0 atom stereocenters. The number of hydrogen-bond donors (Lipinski definition) is 0. The molecule has 0 aromatic heterocycles. The van der Waals surface area contributed by atoms with Crippen LogP contribution in [0.5, 0.6) is 0 Å². The largest absolute Gasteiger partial charge is 0.483 e. The molecule has 0 heterocycles. The topological polar surface area (TPSA) is 30.9 Å². The van der Waals surface area contributed by atoms with Crippen molar-refractivity contribution in [2.45, 2.75) is 13.8 Å². The maximum atomic E-state index is 4.74. The zero-order valence-corrected chi connectivity index (χ0v) is 10.8. The molecule has 0 N–H and O–H groups in total. The minimum atomic E-state index is -1.67. The van der Waals surface area contributed by atoms with Crippen molar-refractivity contribution < 1.29 is 13.3 Å². The predicted molar refractivity (Wildman–Crippen MR) is 57.0 cm³/mol. The first-order valence-electron chi connectivity index (χ1n) is 4.43. The Hall–Kier alpha value is 0.0569.